The van der Waals surface area contributed by atoms with Crippen LogP contribution in [0.3, 0.4) is 0 Å². The topological polar surface area (TPSA) is 66.6 Å². The van der Waals surface area contributed by atoms with Gasteiger partial charge in [0.2, 0.25) is 0 Å². The molecule has 1 saturated heterocycles. The van der Waals surface area contributed by atoms with E-state index in [1.165, 1.54) is 32.4 Å². The molecule has 3 amide bonds. The van der Waals surface area contributed by atoms with E-state index in [1.54, 1.807) is 19.0 Å². The Morgan fingerprint density at radius 2 is 1.72 bits per heavy atom. The molecule has 2 aromatic carbocycles. The van der Waals surface area contributed by atoms with E-state index in [0.717, 1.165) is 12.8 Å². The normalized spacial score (nSPS) is 22.5. The van der Waals surface area contributed by atoms with Gasteiger partial charge in [-0.25, -0.2) is 4.79 Å². The number of hydrogen-bond donors (Lipinski definition) is 1. The van der Waals surface area contributed by atoms with Gasteiger partial charge in [-0.05, 0) is 46.8 Å². The molecule has 1 unspecified atom stereocenters. The van der Waals surface area contributed by atoms with Crippen molar-refractivity contribution in [2.24, 2.45) is 5.73 Å². The first-order valence-corrected chi connectivity index (χ1v) is 8.77. The summed E-state index contributed by atoms with van der Waals surface area (Å²) in [5, 5.41) is 2.37. The minimum atomic E-state index is -0.742. The summed E-state index contributed by atoms with van der Waals surface area (Å²) in [7, 11) is 3.30. The Labute approximate surface area is 147 Å². The first kappa shape index (κ1) is 16.1. The van der Waals surface area contributed by atoms with Gasteiger partial charge in [-0.2, -0.15) is 0 Å². The van der Waals surface area contributed by atoms with Crippen molar-refractivity contribution >= 4 is 22.7 Å². The molecule has 0 radical (unpaired) electrons. The van der Waals surface area contributed by atoms with E-state index in [2.05, 4.69) is 30.3 Å². The summed E-state index contributed by atoms with van der Waals surface area (Å²) < 4.78 is 0. The zero-order valence-electron chi connectivity index (χ0n) is 14.7. The van der Waals surface area contributed by atoms with Crippen LogP contribution in [0.25, 0.3) is 10.8 Å². The fourth-order valence-electron chi connectivity index (χ4n) is 4.26. The number of urea groups is 1. The van der Waals surface area contributed by atoms with Crippen LogP contribution >= 0.6 is 0 Å². The minimum Gasteiger partial charge on any atom is -0.330 e. The van der Waals surface area contributed by atoms with Crippen LogP contribution in [0, 0.1) is 0 Å². The van der Waals surface area contributed by atoms with Gasteiger partial charge in [-0.15, -0.1) is 0 Å². The number of aryl methyl sites for hydroxylation is 1. The van der Waals surface area contributed by atoms with Crippen LogP contribution in [0.1, 0.15) is 23.1 Å². The standard InChI is InChI=1S/C20H23N3O2/c1-22-18(24)20(23(2)19(22)25)11-16-9-14-6-5-13(4-3-7-21)8-15(14)10-17(16)12-20/h5-6,8-10H,3-4,7,11-12,21H2,1-2H3. The molecule has 1 fully saturated rings. The van der Waals surface area contributed by atoms with Crippen LogP contribution in [0.2, 0.25) is 0 Å². The third-order valence-corrected chi connectivity index (χ3v) is 5.78. The van der Waals surface area contributed by atoms with Crippen LogP contribution in [0.5, 0.6) is 0 Å². The molecule has 5 heteroatoms. The van der Waals surface area contributed by atoms with E-state index >= 15 is 0 Å². The lowest BCUT2D eigenvalue weighted by Crippen LogP contribution is -2.48. The number of hydrogen-bond acceptors (Lipinski definition) is 3. The second-order valence-corrected chi connectivity index (χ2v) is 7.29. The molecule has 1 atom stereocenters. The first-order valence-electron chi connectivity index (χ1n) is 8.77. The third-order valence-electron chi connectivity index (χ3n) is 5.78. The lowest BCUT2D eigenvalue weighted by molar-refractivity contribution is -0.131. The van der Waals surface area contributed by atoms with Crippen molar-refractivity contribution in [1.29, 1.82) is 0 Å². The molecule has 2 N–H and O–H groups in total. The van der Waals surface area contributed by atoms with E-state index < -0.39 is 5.54 Å². The number of likely N-dealkylation sites (N-methyl/N-ethyl adjacent to an activating group) is 2. The number of carbonyl (C=O) groups excluding carboxylic acids is 2. The van der Waals surface area contributed by atoms with E-state index in [0.29, 0.717) is 19.4 Å². The molecule has 1 spiro atoms. The lowest BCUT2D eigenvalue weighted by Gasteiger charge is -2.27. The number of rotatable bonds is 3. The zero-order chi connectivity index (χ0) is 17.8. The molecule has 0 saturated carbocycles. The van der Waals surface area contributed by atoms with Gasteiger partial charge in [0.05, 0.1) is 0 Å². The van der Waals surface area contributed by atoms with E-state index in [1.807, 2.05) is 0 Å². The average molecular weight is 337 g/mol. The first-order chi connectivity index (χ1) is 12.0. The number of nitrogens with two attached hydrogens (primary N) is 1. The molecule has 2 aliphatic rings. The Morgan fingerprint density at radius 3 is 2.32 bits per heavy atom. The van der Waals surface area contributed by atoms with E-state index in [4.69, 9.17) is 5.73 Å². The highest BCUT2D eigenvalue weighted by Gasteiger charge is 2.56. The predicted octanol–water partition coefficient (Wildman–Crippen LogP) is 2.09. The second-order valence-electron chi connectivity index (χ2n) is 7.29. The Hall–Kier alpha value is -2.40. The Morgan fingerprint density at radius 1 is 1.04 bits per heavy atom. The van der Waals surface area contributed by atoms with Gasteiger partial charge in [0.1, 0.15) is 5.54 Å². The van der Waals surface area contributed by atoms with Gasteiger partial charge >= 0.3 is 6.03 Å². The number of nitrogens with zero attached hydrogens (tertiary/aromatic N) is 2. The molecule has 1 aliphatic heterocycles. The zero-order valence-corrected chi connectivity index (χ0v) is 14.7. The summed E-state index contributed by atoms with van der Waals surface area (Å²) in [5.74, 6) is -0.0936. The van der Waals surface area contributed by atoms with Gasteiger partial charge in [0.15, 0.2) is 0 Å². The molecule has 5 nitrogen and oxygen atoms in total. The summed E-state index contributed by atoms with van der Waals surface area (Å²) in [5.41, 5.74) is 8.50. The monoisotopic (exact) mass is 337 g/mol. The van der Waals surface area contributed by atoms with Crippen molar-refractivity contribution in [3.8, 4) is 0 Å². The van der Waals surface area contributed by atoms with E-state index in [9.17, 15) is 9.59 Å². The second kappa shape index (κ2) is 5.56. The molecule has 1 heterocycles. The predicted molar refractivity (Wildman–Crippen MR) is 97.4 cm³/mol. The summed E-state index contributed by atoms with van der Waals surface area (Å²) in [6.45, 7) is 0.695. The molecule has 1 aliphatic carbocycles. The Kier molecular flexibility index (Phi) is 3.58. The quantitative estimate of drug-likeness (QED) is 0.872. The van der Waals surface area contributed by atoms with Crippen molar-refractivity contribution < 1.29 is 9.59 Å². The molecule has 4 rings (SSSR count). The lowest BCUT2D eigenvalue weighted by atomic mass is 9.94. The minimum absolute atomic E-state index is 0.0936. The average Bonchev–Trinajstić information content (AvgIpc) is 3.06. The highest BCUT2D eigenvalue weighted by atomic mass is 16.2. The van der Waals surface area contributed by atoms with Gasteiger partial charge in [0.25, 0.3) is 5.91 Å². The molecular weight excluding hydrogens is 314 g/mol. The third kappa shape index (κ3) is 2.26. The van der Waals surface area contributed by atoms with Crippen molar-refractivity contribution in [3.63, 3.8) is 0 Å². The van der Waals surface area contributed by atoms with Crippen LogP contribution < -0.4 is 5.73 Å². The van der Waals surface area contributed by atoms with E-state index in [-0.39, 0.29) is 11.9 Å². The maximum absolute atomic E-state index is 12.7. The van der Waals surface area contributed by atoms with Gasteiger partial charge in [-0.3, -0.25) is 9.69 Å². The fourth-order valence-corrected chi connectivity index (χ4v) is 4.26. The molecule has 25 heavy (non-hydrogen) atoms. The molecular formula is C20H23N3O2. The van der Waals surface area contributed by atoms with Gasteiger partial charge in [-0.1, -0.05) is 30.3 Å². The maximum Gasteiger partial charge on any atom is 0.327 e. The van der Waals surface area contributed by atoms with Crippen molar-refractivity contribution in [3.05, 3.63) is 47.0 Å². The van der Waals surface area contributed by atoms with Crippen molar-refractivity contribution in [2.45, 2.75) is 31.2 Å². The van der Waals surface area contributed by atoms with Crippen LogP contribution in [0.15, 0.2) is 30.3 Å². The van der Waals surface area contributed by atoms with Crippen molar-refractivity contribution in [2.75, 3.05) is 20.6 Å². The number of benzene rings is 2. The summed E-state index contributed by atoms with van der Waals surface area (Å²) in [4.78, 5) is 27.8. The number of carbonyl (C=O) groups is 2. The van der Waals surface area contributed by atoms with Crippen LogP contribution in [-0.4, -0.2) is 47.9 Å². The van der Waals surface area contributed by atoms with Crippen LogP contribution in [-0.2, 0) is 24.1 Å². The Bertz CT molecular complexity index is 892. The largest absolute Gasteiger partial charge is 0.330 e. The summed E-state index contributed by atoms with van der Waals surface area (Å²) in [6.07, 6.45) is 3.15. The highest BCUT2D eigenvalue weighted by molar-refractivity contribution is 6.07. The van der Waals surface area contributed by atoms with Crippen molar-refractivity contribution in [1.82, 2.24) is 9.80 Å². The molecule has 2 aromatic rings. The Balaban J connectivity index is 1.73. The maximum atomic E-state index is 12.7. The molecule has 130 valence electrons. The van der Waals surface area contributed by atoms with Gasteiger partial charge < -0.3 is 10.6 Å². The fraction of sp³-hybridized carbons (Fsp3) is 0.400. The smallest absolute Gasteiger partial charge is 0.327 e. The summed E-state index contributed by atoms with van der Waals surface area (Å²) in [6, 6.07) is 10.7. The summed E-state index contributed by atoms with van der Waals surface area (Å²) >= 11 is 0. The number of imide groups is 1. The molecule has 0 aromatic heterocycles. The SMILES string of the molecule is CN1C(=O)N(C)C2(Cc3cc4ccc(CCCN)cc4cc3C2)C1=O. The number of amides is 3. The molecule has 0 bridgehead atoms. The van der Waals surface area contributed by atoms with Crippen LogP contribution in [0.4, 0.5) is 4.79 Å². The number of fused-ring (bicyclic) bond motifs is 2. The van der Waals surface area contributed by atoms with Gasteiger partial charge in [0, 0.05) is 26.9 Å². The highest BCUT2D eigenvalue weighted by Crippen LogP contribution is 2.41.